The zero-order valence-electron chi connectivity index (χ0n) is 17.5. The second-order valence-corrected chi connectivity index (χ2v) is 8.43. The maximum absolute atomic E-state index is 11.7. The van der Waals surface area contributed by atoms with E-state index in [-0.39, 0.29) is 5.41 Å². The Labute approximate surface area is 162 Å². The third-order valence-corrected chi connectivity index (χ3v) is 5.39. The van der Waals surface area contributed by atoms with E-state index in [0.717, 1.165) is 16.9 Å². The molecule has 0 amide bonds. The number of carboxylic acid groups (broad SMARTS) is 1. The number of aliphatic carboxylic acids is 1. The van der Waals surface area contributed by atoms with Crippen LogP contribution < -0.4 is 5.32 Å². The van der Waals surface area contributed by atoms with Gasteiger partial charge in [-0.25, -0.2) is 4.68 Å². The summed E-state index contributed by atoms with van der Waals surface area (Å²) in [6.45, 7) is 13.5. The standard InChI is InChI=1S/C22H33N3O2/c1-7-22(8-2,20(26)27)15-23-13-17-14-25(24-19(17)21(4,5)6)18-11-9-16(3)10-12-18/h9-12,14,23H,7-8,13,15H2,1-6H3,(H,26,27). The number of nitrogens with one attached hydrogen (secondary N) is 1. The smallest absolute Gasteiger partial charge is 0.310 e. The lowest BCUT2D eigenvalue weighted by Gasteiger charge is -2.27. The molecule has 5 heteroatoms. The van der Waals surface area contributed by atoms with E-state index in [4.69, 9.17) is 5.10 Å². The van der Waals surface area contributed by atoms with Crippen molar-refractivity contribution in [2.24, 2.45) is 5.41 Å². The minimum atomic E-state index is -0.730. The van der Waals surface area contributed by atoms with Gasteiger partial charge in [0.25, 0.3) is 0 Å². The van der Waals surface area contributed by atoms with Gasteiger partial charge in [0.15, 0.2) is 0 Å². The van der Waals surface area contributed by atoms with Crippen LogP contribution in [-0.2, 0) is 16.8 Å². The number of hydrogen-bond acceptors (Lipinski definition) is 3. The van der Waals surface area contributed by atoms with E-state index < -0.39 is 11.4 Å². The number of carbonyl (C=O) groups is 1. The van der Waals surface area contributed by atoms with Crippen LogP contribution in [0, 0.1) is 12.3 Å². The Kier molecular flexibility index (Phi) is 6.47. The van der Waals surface area contributed by atoms with E-state index in [9.17, 15) is 9.90 Å². The molecule has 0 aliphatic rings. The number of rotatable bonds is 8. The van der Waals surface area contributed by atoms with Crippen LogP contribution in [-0.4, -0.2) is 27.4 Å². The van der Waals surface area contributed by atoms with Crippen molar-refractivity contribution in [2.75, 3.05) is 6.54 Å². The lowest BCUT2D eigenvalue weighted by molar-refractivity contribution is -0.149. The molecule has 0 saturated heterocycles. The maximum Gasteiger partial charge on any atom is 0.310 e. The lowest BCUT2D eigenvalue weighted by Crippen LogP contribution is -2.40. The average molecular weight is 372 g/mol. The van der Waals surface area contributed by atoms with Crippen LogP contribution in [0.25, 0.3) is 5.69 Å². The van der Waals surface area contributed by atoms with Gasteiger partial charge in [-0.2, -0.15) is 5.10 Å². The van der Waals surface area contributed by atoms with Crippen molar-refractivity contribution in [2.45, 2.75) is 66.3 Å². The SMILES string of the molecule is CCC(CC)(CNCc1cn(-c2ccc(C)cc2)nc1C(C)(C)C)C(=O)O. The Balaban J connectivity index is 2.25. The van der Waals surface area contributed by atoms with Crippen LogP contribution in [0.2, 0.25) is 0 Å². The number of aryl methyl sites for hydroxylation is 1. The molecule has 5 nitrogen and oxygen atoms in total. The number of aromatic nitrogens is 2. The van der Waals surface area contributed by atoms with Gasteiger partial charge in [-0.1, -0.05) is 52.3 Å². The monoisotopic (exact) mass is 371 g/mol. The zero-order valence-corrected chi connectivity index (χ0v) is 17.5. The fraction of sp³-hybridized carbons (Fsp3) is 0.545. The normalized spacial score (nSPS) is 12.4. The highest BCUT2D eigenvalue weighted by molar-refractivity contribution is 5.74. The fourth-order valence-electron chi connectivity index (χ4n) is 3.31. The Bertz CT molecular complexity index is 766. The third kappa shape index (κ3) is 4.78. The first kappa shape index (κ1) is 21.2. The number of carboxylic acids is 1. The van der Waals surface area contributed by atoms with E-state index in [1.54, 1.807) is 0 Å². The Morgan fingerprint density at radius 1 is 1.15 bits per heavy atom. The maximum atomic E-state index is 11.7. The highest BCUT2D eigenvalue weighted by Crippen LogP contribution is 2.28. The highest BCUT2D eigenvalue weighted by atomic mass is 16.4. The summed E-state index contributed by atoms with van der Waals surface area (Å²) >= 11 is 0. The van der Waals surface area contributed by atoms with Gasteiger partial charge in [-0.3, -0.25) is 4.79 Å². The van der Waals surface area contributed by atoms with Crippen LogP contribution >= 0.6 is 0 Å². The number of nitrogens with zero attached hydrogens (tertiary/aromatic N) is 2. The Morgan fingerprint density at radius 3 is 2.22 bits per heavy atom. The summed E-state index contributed by atoms with van der Waals surface area (Å²) in [7, 11) is 0. The fourth-order valence-corrected chi connectivity index (χ4v) is 3.31. The molecule has 2 N–H and O–H groups in total. The molecule has 148 valence electrons. The van der Waals surface area contributed by atoms with Gasteiger partial charge in [0.05, 0.1) is 16.8 Å². The minimum absolute atomic E-state index is 0.0909. The molecule has 0 unspecified atom stereocenters. The number of benzene rings is 1. The lowest BCUT2D eigenvalue weighted by atomic mass is 9.82. The van der Waals surface area contributed by atoms with Gasteiger partial charge in [0.1, 0.15) is 0 Å². The van der Waals surface area contributed by atoms with E-state index in [1.807, 2.05) is 18.5 Å². The summed E-state index contributed by atoms with van der Waals surface area (Å²) in [6, 6.07) is 8.29. The molecule has 0 radical (unpaired) electrons. The highest BCUT2D eigenvalue weighted by Gasteiger charge is 2.34. The van der Waals surface area contributed by atoms with E-state index in [0.29, 0.717) is 25.9 Å². The molecule has 27 heavy (non-hydrogen) atoms. The molecular formula is C22H33N3O2. The van der Waals surface area contributed by atoms with Gasteiger partial charge in [0.2, 0.25) is 0 Å². The minimum Gasteiger partial charge on any atom is -0.481 e. The molecule has 0 fully saturated rings. The van der Waals surface area contributed by atoms with Crippen molar-refractivity contribution >= 4 is 5.97 Å². The second-order valence-electron chi connectivity index (χ2n) is 8.43. The van der Waals surface area contributed by atoms with Crippen molar-refractivity contribution in [1.29, 1.82) is 0 Å². The summed E-state index contributed by atoms with van der Waals surface area (Å²) in [5.41, 5.74) is 3.58. The van der Waals surface area contributed by atoms with Crippen molar-refractivity contribution in [3.05, 3.63) is 47.3 Å². The summed E-state index contributed by atoms with van der Waals surface area (Å²) in [4.78, 5) is 11.7. The second kappa shape index (κ2) is 8.26. The summed E-state index contributed by atoms with van der Waals surface area (Å²) < 4.78 is 1.92. The van der Waals surface area contributed by atoms with Gasteiger partial charge in [-0.15, -0.1) is 0 Å². The van der Waals surface area contributed by atoms with Crippen molar-refractivity contribution < 1.29 is 9.90 Å². The van der Waals surface area contributed by atoms with Crippen LogP contribution in [0.15, 0.2) is 30.5 Å². The van der Waals surface area contributed by atoms with E-state index in [2.05, 4.69) is 63.5 Å². The Hall–Kier alpha value is -2.14. The van der Waals surface area contributed by atoms with Crippen LogP contribution in [0.3, 0.4) is 0 Å². The molecule has 0 aliphatic heterocycles. The van der Waals surface area contributed by atoms with Crippen molar-refractivity contribution in [3.63, 3.8) is 0 Å². The molecule has 0 atom stereocenters. The average Bonchev–Trinajstić information content (AvgIpc) is 3.04. The molecule has 0 bridgehead atoms. The molecular weight excluding hydrogens is 338 g/mol. The quantitative estimate of drug-likeness (QED) is 0.719. The van der Waals surface area contributed by atoms with Gasteiger partial charge in [0, 0.05) is 30.3 Å². The zero-order chi connectivity index (χ0) is 20.2. The topological polar surface area (TPSA) is 67.2 Å². The predicted molar refractivity (Wildman–Crippen MR) is 109 cm³/mol. The molecule has 1 aromatic heterocycles. The molecule has 2 aromatic rings. The van der Waals surface area contributed by atoms with Gasteiger partial charge >= 0.3 is 5.97 Å². The third-order valence-electron chi connectivity index (χ3n) is 5.39. The summed E-state index contributed by atoms with van der Waals surface area (Å²) in [6.07, 6.45) is 3.28. The largest absolute Gasteiger partial charge is 0.481 e. The van der Waals surface area contributed by atoms with Crippen molar-refractivity contribution in [1.82, 2.24) is 15.1 Å². The molecule has 0 aliphatic carbocycles. The van der Waals surface area contributed by atoms with E-state index >= 15 is 0 Å². The molecule has 1 heterocycles. The van der Waals surface area contributed by atoms with Gasteiger partial charge in [-0.05, 0) is 31.9 Å². The molecule has 2 rings (SSSR count). The Morgan fingerprint density at radius 2 is 1.74 bits per heavy atom. The number of hydrogen-bond donors (Lipinski definition) is 2. The summed E-state index contributed by atoms with van der Waals surface area (Å²) in [5, 5.41) is 17.8. The first-order chi connectivity index (χ1) is 12.6. The van der Waals surface area contributed by atoms with Crippen LogP contribution in [0.1, 0.15) is 64.3 Å². The first-order valence-electron chi connectivity index (χ1n) is 9.73. The van der Waals surface area contributed by atoms with Gasteiger partial charge < -0.3 is 10.4 Å². The first-order valence-corrected chi connectivity index (χ1v) is 9.73. The van der Waals surface area contributed by atoms with Crippen molar-refractivity contribution in [3.8, 4) is 5.69 Å². The van der Waals surface area contributed by atoms with E-state index in [1.165, 1.54) is 5.56 Å². The molecule has 0 spiro atoms. The van der Waals surface area contributed by atoms with Crippen LogP contribution in [0.4, 0.5) is 0 Å². The van der Waals surface area contributed by atoms with Crippen LogP contribution in [0.5, 0.6) is 0 Å². The molecule has 0 saturated carbocycles. The predicted octanol–water partition coefficient (Wildman–Crippen LogP) is 4.46. The summed E-state index contributed by atoms with van der Waals surface area (Å²) in [5.74, 6) is -0.730. The molecule has 1 aromatic carbocycles.